The molecule has 1 spiro atoms. The molecule has 15 unspecified atom stereocenters. The molecule has 8 aliphatic rings. The van der Waals surface area contributed by atoms with Gasteiger partial charge in [-0.25, -0.2) is 0 Å². The molecule has 51 heavy (non-hydrogen) atoms. The van der Waals surface area contributed by atoms with Gasteiger partial charge < -0.3 is 0 Å². The van der Waals surface area contributed by atoms with Gasteiger partial charge in [-0.3, -0.25) is 0 Å². The van der Waals surface area contributed by atoms with Crippen LogP contribution in [0, 0.1) is 123 Å². The normalized spacial score (nSPS) is 50.4. The Morgan fingerprint density at radius 1 is 0.529 bits per heavy atom. The van der Waals surface area contributed by atoms with Crippen LogP contribution in [0.4, 0.5) is 0 Å². The minimum absolute atomic E-state index is 0.476. The van der Waals surface area contributed by atoms with Gasteiger partial charge in [0.25, 0.3) is 0 Å². The average molecular weight is 701 g/mol. The van der Waals surface area contributed by atoms with Gasteiger partial charge in [-0.05, 0) is 193 Å². The summed E-state index contributed by atoms with van der Waals surface area (Å²) >= 11 is 0. The number of rotatable bonds is 7. The quantitative estimate of drug-likeness (QED) is 0.248. The summed E-state index contributed by atoms with van der Waals surface area (Å²) in [7, 11) is 0. The van der Waals surface area contributed by atoms with E-state index in [0.717, 1.165) is 107 Å². The molecule has 0 heteroatoms. The van der Waals surface area contributed by atoms with Crippen molar-refractivity contribution >= 4 is 0 Å². The zero-order valence-corrected chi connectivity index (χ0v) is 36.0. The molecule has 0 amide bonds. The van der Waals surface area contributed by atoms with Crippen molar-refractivity contribution in [1.82, 2.24) is 0 Å². The van der Waals surface area contributed by atoms with Crippen molar-refractivity contribution in [3.63, 3.8) is 0 Å². The third-order valence-electron chi connectivity index (χ3n) is 21.0. The zero-order chi connectivity index (χ0) is 36.0. The Hall–Kier alpha value is 0. The van der Waals surface area contributed by atoms with E-state index in [1.807, 2.05) is 0 Å². The number of hydrogen-bond donors (Lipinski definition) is 0. The van der Waals surface area contributed by atoms with Gasteiger partial charge in [0.05, 0.1) is 0 Å². The molecule has 8 rings (SSSR count). The zero-order valence-electron chi connectivity index (χ0n) is 36.0. The van der Waals surface area contributed by atoms with Gasteiger partial charge in [0, 0.05) is 0 Å². The molecule has 8 saturated carbocycles. The van der Waals surface area contributed by atoms with Crippen molar-refractivity contribution in [2.75, 3.05) is 0 Å². The van der Waals surface area contributed by atoms with Crippen LogP contribution in [0.1, 0.15) is 198 Å². The fourth-order valence-electron chi connectivity index (χ4n) is 19.5. The molecule has 0 heterocycles. The van der Waals surface area contributed by atoms with E-state index >= 15 is 0 Å². The molecule has 8 fully saturated rings. The third-order valence-corrected chi connectivity index (χ3v) is 21.0. The molecule has 0 aromatic rings. The Morgan fingerprint density at radius 3 is 1.69 bits per heavy atom. The van der Waals surface area contributed by atoms with Crippen molar-refractivity contribution < 1.29 is 0 Å². The second kappa shape index (κ2) is 14.2. The second-order valence-electron chi connectivity index (χ2n) is 23.8. The van der Waals surface area contributed by atoms with Gasteiger partial charge in [-0.1, -0.05) is 127 Å². The highest BCUT2D eigenvalue weighted by atomic mass is 14.8. The fourth-order valence-corrected chi connectivity index (χ4v) is 19.5. The van der Waals surface area contributed by atoms with Crippen LogP contribution in [-0.2, 0) is 0 Å². The second-order valence-corrected chi connectivity index (χ2v) is 23.8. The Bertz CT molecular complexity index is 1150. The predicted molar refractivity (Wildman–Crippen MR) is 219 cm³/mol. The molecular weight excluding hydrogens is 613 g/mol. The highest BCUT2D eigenvalue weighted by Gasteiger charge is 2.73. The van der Waals surface area contributed by atoms with Crippen LogP contribution < -0.4 is 0 Å². The highest BCUT2D eigenvalue weighted by molar-refractivity contribution is 5.21. The molecule has 15 atom stereocenters. The lowest BCUT2D eigenvalue weighted by atomic mass is 9.47. The first kappa shape index (κ1) is 37.9. The smallest absolute Gasteiger partial charge is 0.0230 e. The summed E-state index contributed by atoms with van der Waals surface area (Å²) in [4.78, 5) is 0. The first-order chi connectivity index (χ1) is 24.4. The maximum absolute atomic E-state index is 2.85. The van der Waals surface area contributed by atoms with E-state index in [2.05, 4.69) is 69.2 Å². The Morgan fingerprint density at radius 2 is 1.04 bits per heavy atom. The third kappa shape index (κ3) is 5.96. The van der Waals surface area contributed by atoms with Crippen molar-refractivity contribution in [3.05, 3.63) is 0 Å². The van der Waals surface area contributed by atoms with Crippen molar-refractivity contribution in [1.29, 1.82) is 0 Å². The van der Waals surface area contributed by atoms with Gasteiger partial charge in [0.15, 0.2) is 0 Å². The molecule has 0 bridgehead atoms. The summed E-state index contributed by atoms with van der Waals surface area (Å²) in [5, 5.41) is 0. The van der Waals surface area contributed by atoms with Gasteiger partial charge in [0.1, 0.15) is 0 Å². The lowest BCUT2D eigenvalue weighted by Gasteiger charge is -2.58. The summed E-state index contributed by atoms with van der Waals surface area (Å²) in [6.45, 7) is 26.5. The first-order valence-electron chi connectivity index (χ1n) is 24.4. The van der Waals surface area contributed by atoms with Crippen molar-refractivity contribution in [2.45, 2.75) is 198 Å². The molecule has 0 N–H and O–H groups in total. The van der Waals surface area contributed by atoms with Gasteiger partial charge in [0.2, 0.25) is 0 Å². The lowest BCUT2D eigenvalue weighted by molar-refractivity contribution is -0.0904. The van der Waals surface area contributed by atoms with E-state index in [1.54, 1.807) is 96.3 Å². The Kier molecular flexibility index (Phi) is 10.5. The van der Waals surface area contributed by atoms with Crippen LogP contribution in [0.2, 0.25) is 0 Å². The van der Waals surface area contributed by atoms with E-state index in [9.17, 15) is 0 Å². The van der Waals surface area contributed by atoms with Crippen LogP contribution in [0.3, 0.4) is 0 Å². The van der Waals surface area contributed by atoms with Gasteiger partial charge in [-0.2, -0.15) is 0 Å². The maximum Gasteiger partial charge on any atom is -0.0230 e. The molecular formula is C51H88. The van der Waals surface area contributed by atoms with E-state index < -0.39 is 0 Å². The van der Waals surface area contributed by atoms with Gasteiger partial charge >= 0.3 is 0 Å². The SMILES string of the molecule is CCC(CC)C1CC2(CC(C(CC)CC)C1C)C1CCC3C(CC(C)(C)C)CCCC3C1C1C3C4C5CCCCC5CCC4C(C)(C)C3CCC12. The minimum atomic E-state index is 0.476. The van der Waals surface area contributed by atoms with Crippen molar-refractivity contribution in [2.24, 2.45) is 123 Å². The van der Waals surface area contributed by atoms with Crippen LogP contribution in [0.25, 0.3) is 0 Å². The first-order valence-corrected chi connectivity index (χ1v) is 24.4. The maximum atomic E-state index is 2.85. The van der Waals surface area contributed by atoms with Crippen LogP contribution >= 0.6 is 0 Å². The summed E-state index contributed by atoms with van der Waals surface area (Å²) in [5.74, 6) is 18.5. The number of fused-ring (bicyclic) bond motifs is 13. The van der Waals surface area contributed by atoms with E-state index in [-0.39, 0.29) is 0 Å². The molecule has 0 saturated heterocycles. The lowest BCUT2D eigenvalue weighted by Crippen LogP contribution is -2.50. The largest absolute Gasteiger partial charge is 0.0651 e. The van der Waals surface area contributed by atoms with E-state index in [0.29, 0.717) is 16.2 Å². The van der Waals surface area contributed by atoms with Crippen LogP contribution in [-0.4, -0.2) is 0 Å². The minimum Gasteiger partial charge on any atom is -0.0651 e. The summed E-state index contributed by atoms with van der Waals surface area (Å²) in [5.41, 5.74) is 1.70. The summed E-state index contributed by atoms with van der Waals surface area (Å²) < 4.78 is 0. The molecule has 292 valence electrons. The van der Waals surface area contributed by atoms with Gasteiger partial charge in [-0.15, -0.1) is 0 Å². The van der Waals surface area contributed by atoms with E-state index in [4.69, 9.17) is 0 Å². The van der Waals surface area contributed by atoms with E-state index in [1.165, 1.54) is 32.1 Å². The summed E-state index contributed by atoms with van der Waals surface area (Å²) in [6, 6.07) is 0. The predicted octanol–water partition coefficient (Wildman–Crippen LogP) is 15.1. The average Bonchev–Trinajstić information content (AvgIpc) is 3.52. The summed E-state index contributed by atoms with van der Waals surface area (Å²) in [6.07, 6.45) is 31.1. The standard InChI is InChI=1S/C51H88/c1-11-32(12-2)39-29-51(30-40(31(39)5)33(13-3)14-4)43-25-23-36-35(28-49(6,7)8)19-17-21-38(36)46(43)48-44(51)27-26-42-47(48)45-37-20-16-15-18-34(37)22-24-41(45)50(42,9)10/h31-48H,11-30H2,1-10H3. The van der Waals surface area contributed by atoms with Crippen LogP contribution in [0.15, 0.2) is 0 Å². The van der Waals surface area contributed by atoms with Crippen LogP contribution in [0.5, 0.6) is 0 Å². The monoisotopic (exact) mass is 701 g/mol. The highest BCUT2D eigenvalue weighted by Crippen LogP contribution is 2.79. The molecule has 0 aliphatic heterocycles. The molecule has 8 aliphatic carbocycles. The molecule has 0 aromatic heterocycles. The van der Waals surface area contributed by atoms with Crippen molar-refractivity contribution in [3.8, 4) is 0 Å². The fraction of sp³-hybridized carbons (Fsp3) is 1.00. The number of hydrogen-bond acceptors (Lipinski definition) is 0. The topological polar surface area (TPSA) is 0 Å². The Labute approximate surface area is 319 Å². The molecule has 0 nitrogen and oxygen atoms in total. The molecule has 0 aromatic carbocycles. The molecule has 0 radical (unpaired) electrons. The Balaban J connectivity index is 1.27.